The first-order valence-corrected chi connectivity index (χ1v) is 11.8. The number of benzene rings is 4. The quantitative estimate of drug-likeness (QED) is 0.301. The molecular formula is C33H24. The zero-order valence-electron chi connectivity index (χ0n) is 18.6. The van der Waals surface area contributed by atoms with Crippen molar-refractivity contribution in [3.05, 3.63) is 140 Å². The molecule has 3 aliphatic rings. The summed E-state index contributed by atoms with van der Waals surface area (Å²) in [4.78, 5) is 0. The van der Waals surface area contributed by atoms with Crippen molar-refractivity contribution in [2.24, 2.45) is 0 Å². The van der Waals surface area contributed by atoms with Crippen molar-refractivity contribution in [3.63, 3.8) is 0 Å². The fourth-order valence-electron chi connectivity index (χ4n) is 6.08. The van der Waals surface area contributed by atoms with Crippen molar-refractivity contribution in [3.8, 4) is 11.1 Å². The Kier molecular flexibility index (Phi) is 3.98. The second-order valence-electron chi connectivity index (χ2n) is 9.21. The van der Waals surface area contributed by atoms with E-state index in [-0.39, 0.29) is 11.8 Å². The van der Waals surface area contributed by atoms with Crippen molar-refractivity contribution in [1.82, 2.24) is 0 Å². The number of allylic oxidation sites excluding steroid dienone is 2. The van der Waals surface area contributed by atoms with Gasteiger partial charge in [-0.2, -0.15) is 0 Å². The lowest BCUT2D eigenvalue weighted by atomic mass is 9.79. The molecule has 0 radical (unpaired) electrons. The smallest absolute Gasteiger partial charge is 0.0288 e. The fraction of sp³-hybridized carbons (Fsp3) is 0.0909. The molecule has 0 heterocycles. The van der Waals surface area contributed by atoms with Gasteiger partial charge in [0.05, 0.1) is 0 Å². The van der Waals surface area contributed by atoms with Crippen LogP contribution >= 0.6 is 0 Å². The first-order valence-electron chi connectivity index (χ1n) is 11.8. The molecule has 0 spiro atoms. The van der Waals surface area contributed by atoms with E-state index in [2.05, 4.69) is 122 Å². The molecule has 0 heteroatoms. The van der Waals surface area contributed by atoms with E-state index in [1.807, 2.05) is 0 Å². The summed E-state index contributed by atoms with van der Waals surface area (Å²) >= 11 is 0. The maximum atomic E-state index is 2.43. The predicted octanol–water partition coefficient (Wildman–Crippen LogP) is 6.61. The van der Waals surface area contributed by atoms with Gasteiger partial charge < -0.3 is 0 Å². The van der Waals surface area contributed by atoms with E-state index in [1.165, 1.54) is 60.5 Å². The molecule has 0 fully saturated rings. The highest BCUT2D eigenvalue weighted by molar-refractivity contribution is 5.85. The van der Waals surface area contributed by atoms with Gasteiger partial charge in [-0.1, -0.05) is 103 Å². The van der Waals surface area contributed by atoms with E-state index in [0.29, 0.717) is 0 Å². The van der Waals surface area contributed by atoms with Crippen molar-refractivity contribution in [2.45, 2.75) is 18.8 Å². The molecule has 0 nitrogen and oxygen atoms in total. The molecule has 33 heavy (non-hydrogen) atoms. The van der Waals surface area contributed by atoms with Crippen LogP contribution in [-0.2, 0) is 0 Å². The third-order valence-electron chi connectivity index (χ3n) is 7.56. The molecule has 7 rings (SSSR count). The van der Waals surface area contributed by atoms with Crippen LogP contribution in [0.2, 0.25) is 0 Å². The van der Waals surface area contributed by atoms with Crippen LogP contribution in [0.4, 0.5) is 0 Å². The summed E-state index contributed by atoms with van der Waals surface area (Å²) < 4.78 is 0. The van der Waals surface area contributed by atoms with Gasteiger partial charge in [-0.15, -0.1) is 0 Å². The molecule has 0 saturated heterocycles. The maximum Gasteiger partial charge on any atom is 0.0288 e. The Balaban J connectivity index is 1.59. The van der Waals surface area contributed by atoms with Gasteiger partial charge >= 0.3 is 0 Å². The largest absolute Gasteiger partial charge is 0.0800 e. The highest BCUT2D eigenvalue weighted by atomic mass is 14.3. The number of fused-ring (bicyclic) bond motifs is 5. The highest BCUT2D eigenvalue weighted by Gasteiger charge is 2.30. The van der Waals surface area contributed by atoms with Crippen LogP contribution < -0.4 is 10.4 Å². The zero-order chi connectivity index (χ0) is 21.9. The average Bonchev–Trinajstić information content (AvgIpc) is 3.57. The Morgan fingerprint density at radius 1 is 0.606 bits per heavy atom. The van der Waals surface area contributed by atoms with E-state index >= 15 is 0 Å². The Morgan fingerprint density at radius 2 is 1.18 bits per heavy atom. The minimum absolute atomic E-state index is 0.261. The Bertz CT molecular complexity index is 1630. The molecule has 2 atom stereocenters. The van der Waals surface area contributed by atoms with Crippen LogP contribution in [0.3, 0.4) is 0 Å². The third-order valence-corrected chi connectivity index (χ3v) is 7.56. The van der Waals surface area contributed by atoms with Gasteiger partial charge in [0, 0.05) is 11.8 Å². The molecule has 0 amide bonds. The molecule has 156 valence electrons. The van der Waals surface area contributed by atoms with Crippen LogP contribution in [0.1, 0.15) is 57.7 Å². The predicted molar refractivity (Wildman–Crippen MR) is 139 cm³/mol. The van der Waals surface area contributed by atoms with Crippen molar-refractivity contribution < 1.29 is 0 Å². The lowest BCUT2D eigenvalue weighted by Gasteiger charge is -2.23. The van der Waals surface area contributed by atoms with E-state index < -0.39 is 0 Å². The summed E-state index contributed by atoms with van der Waals surface area (Å²) in [5.41, 5.74) is 12.5. The summed E-state index contributed by atoms with van der Waals surface area (Å²) in [6.45, 7) is 2.18. The Labute approximate surface area is 194 Å². The normalized spacial score (nSPS) is 19.2. The van der Waals surface area contributed by atoms with E-state index in [0.717, 1.165) is 0 Å². The number of hydrogen-bond donors (Lipinski definition) is 0. The Morgan fingerprint density at radius 3 is 1.85 bits per heavy atom. The van der Waals surface area contributed by atoms with Crippen molar-refractivity contribution >= 4 is 24.3 Å². The minimum Gasteiger partial charge on any atom is -0.0800 e. The number of hydrogen-bond acceptors (Lipinski definition) is 0. The lowest BCUT2D eigenvalue weighted by molar-refractivity contribution is 0.938. The first kappa shape index (κ1) is 18.7. The van der Waals surface area contributed by atoms with E-state index in [9.17, 15) is 0 Å². The second-order valence-corrected chi connectivity index (χ2v) is 9.21. The molecular weight excluding hydrogens is 396 g/mol. The summed E-state index contributed by atoms with van der Waals surface area (Å²) in [7, 11) is 0. The van der Waals surface area contributed by atoms with Gasteiger partial charge in [0.2, 0.25) is 0 Å². The summed E-state index contributed by atoms with van der Waals surface area (Å²) in [6.07, 6.45) is 14.1. The first-order chi connectivity index (χ1) is 16.3. The molecule has 0 aromatic heterocycles. The van der Waals surface area contributed by atoms with Gasteiger partial charge in [-0.05, 0) is 79.6 Å². The van der Waals surface area contributed by atoms with Crippen LogP contribution in [0.5, 0.6) is 0 Å². The molecule has 0 saturated carbocycles. The van der Waals surface area contributed by atoms with Crippen molar-refractivity contribution in [2.75, 3.05) is 0 Å². The fourth-order valence-corrected chi connectivity index (χ4v) is 6.08. The van der Waals surface area contributed by atoms with Crippen LogP contribution in [-0.4, -0.2) is 0 Å². The molecule has 0 bridgehead atoms. The molecule has 0 aliphatic heterocycles. The van der Waals surface area contributed by atoms with Gasteiger partial charge in [0.25, 0.3) is 0 Å². The lowest BCUT2D eigenvalue weighted by Crippen LogP contribution is -2.27. The van der Waals surface area contributed by atoms with Crippen LogP contribution in [0.15, 0.2) is 91.0 Å². The highest BCUT2D eigenvalue weighted by Crippen LogP contribution is 2.42. The van der Waals surface area contributed by atoms with Crippen molar-refractivity contribution in [1.29, 1.82) is 0 Å². The number of rotatable bonds is 2. The SMILES string of the molecule is CC=c1cc2c(c(C3C=Cc4ccccc43)c1C1C=Cc3ccccc31)=Cc1ccccc1-2. The van der Waals surface area contributed by atoms with E-state index in [4.69, 9.17) is 0 Å². The molecule has 4 aromatic carbocycles. The average molecular weight is 421 g/mol. The van der Waals surface area contributed by atoms with Gasteiger partial charge in [0.15, 0.2) is 0 Å². The van der Waals surface area contributed by atoms with Gasteiger partial charge in [-0.25, -0.2) is 0 Å². The summed E-state index contributed by atoms with van der Waals surface area (Å²) in [5, 5.41) is 2.74. The van der Waals surface area contributed by atoms with Gasteiger partial charge in [0.1, 0.15) is 0 Å². The Hall–Kier alpha value is -3.90. The molecule has 3 aliphatic carbocycles. The molecule has 2 unspecified atom stereocenters. The summed E-state index contributed by atoms with van der Waals surface area (Å²) in [6, 6.07) is 29.0. The zero-order valence-corrected chi connectivity index (χ0v) is 18.6. The topological polar surface area (TPSA) is 0 Å². The van der Waals surface area contributed by atoms with Crippen LogP contribution in [0.25, 0.3) is 35.4 Å². The van der Waals surface area contributed by atoms with Gasteiger partial charge in [-0.3, -0.25) is 0 Å². The minimum atomic E-state index is 0.261. The second kappa shape index (κ2) is 7.05. The molecule has 0 N–H and O–H groups in total. The molecule has 4 aromatic rings. The van der Waals surface area contributed by atoms with Crippen LogP contribution in [0, 0.1) is 0 Å². The van der Waals surface area contributed by atoms with E-state index in [1.54, 1.807) is 0 Å². The standard InChI is InChI=1S/C33H24/c1-2-21-19-30-27-14-8-5-11-24(27)20-31(30)33(29-18-16-23-10-4-7-13-26(23)29)32(21)28-17-15-22-9-3-6-12-25(22)28/h2-20,28-29H,1H3. The summed E-state index contributed by atoms with van der Waals surface area (Å²) in [5.74, 6) is 0.530. The monoisotopic (exact) mass is 420 g/mol. The third kappa shape index (κ3) is 2.64. The maximum absolute atomic E-state index is 2.43.